The summed E-state index contributed by atoms with van der Waals surface area (Å²) in [5, 5.41) is 8.01. The third-order valence-electron chi connectivity index (χ3n) is 4.38. The Bertz CT molecular complexity index is 552. The highest BCUT2D eigenvalue weighted by Gasteiger charge is 2.23. The highest BCUT2D eigenvalue weighted by molar-refractivity contribution is 5.46. The molecule has 0 saturated heterocycles. The molecule has 2 atom stereocenters. The van der Waals surface area contributed by atoms with E-state index in [9.17, 15) is 0 Å². The minimum absolute atomic E-state index is 0.615. The van der Waals surface area contributed by atoms with Crippen LogP contribution in [-0.2, 0) is 6.54 Å². The van der Waals surface area contributed by atoms with Gasteiger partial charge in [0.1, 0.15) is 0 Å². The van der Waals surface area contributed by atoms with Crippen LogP contribution in [0.15, 0.2) is 42.7 Å². The molecule has 1 N–H and O–H groups in total. The van der Waals surface area contributed by atoms with Crippen molar-refractivity contribution < 1.29 is 0 Å². The first kappa shape index (κ1) is 14.2. The van der Waals surface area contributed by atoms with Crippen molar-refractivity contribution in [2.75, 3.05) is 5.32 Å². The quantitative estimate of drug-likeness (QED) is 0.912. The highest BCUT2D eigenvalue weighted by atomic mass is 15.3. The number of hydrogen-bond acceptors (Lipinski definition) is 2. The molecule has 1 saturated carbocycles. The Labute approximate surface area is 127 Å². The van der Waals surface area contributed by atoms with Crippen molar-refractivity contribution in [2.45, 2.75) is 45.7 Å². The maximum atomic E-state index is 4.27. The van der Waals surface area contributed by atoms with Gasteiger partial charge in [0.25, 0.3) is 0 Å². The summed E-state index contributed by atoms with van der Waals surface area (Å²) in [6.45, 7) is 5.58. The molecule has 2 unspecified atom stereocenters. The molecule has 112 valence electrons. The first-order valence-electron chi connectivity index (χ1n) is 8.02. The number of aromatic nitrogens is 2. The van der Waals surface area contributed by atoms with Crippen LogP contribution in [0, 0.1) is 11.8 Å². The van der Waals surface area contributed by atoms with E-state index in [1.165, 1.54) is 30.5 Å². The number of nitrogens with one attached hydrogen (secondary N) is 1. The molecule has 0 spiro atoms. The van der Waals surface area contributed by atoms with Crippen LogP contribution < -0.4 is 5.32 Å². The summed E-state index contributed by atoms with van der Waals surface area (Å²) in [5.41, 5.74) is 2.53. The molecule has 21 heavy (non-hydrogen) atoms. The van der Waals surface area contributed by atoms with E-state index in [-0.39, 0.29) is 0 Å². The lowest BCUT2D eigenvalue weighted by Crippen LogP contribution is -2.30. The molecule has 3 nitrogen and oxygen atoms in total. The minimum Gasteiger partial charge on any atom is -0.382 e. The van der Waals surface area contributed by atoms with E-state index in [0.717, 1.165) is 18.4 Å². The maximum absolute atomic E-state index is 4.27. The summed E-state index contributed by atoms with van der Waals surface area (Å²) in [7, 11) is 0. The van der Waals surface area contributed by atoms with Crippen molar-refractivity contribution in [1.29, 1.82) is 0 Å². The molecule has 3 heteroatoms. The van der Waals surface area contributed by atoms with E-state index in [4.69, 9.17) is 0 Å². The van der Waals surface area contributed by atoms with Crippen LogP contribution >= 0.6 is 0 Å². The second-order valence-corrected chi connectivity index (χ2v) is 6.66. The molecule has 0 bridgehead atoms. The Morgan fingerprint density at radius 3 is 2.67 bits per heavy atom. The van der Waals surface area contributed by atoms with Crippen molar-refractivity contribution >= 4 is 5.69 Å². The summed E-state index contributed by atoms with van der Waals surface area (Å²) in [4.78, 5) is 0. The Morgan fingerprint density at radius 1 is 1.14 bits per heavy atom. The van der Waals surface area contributed by atoms with Gasteiger partial charge in [0, 0.05) is 24.1 Å². The average Bonchev–Trinajstić information content (AvgIpc) is 2.90. The van der Waals surface area contributed by atoms with E-state index < -0.39 is 0 Å². The van der Waals surface area contributed by atoms with Crippen molar-refractivity contribution in [3.63, 3.8) is 0 Å². The maximum Gasteiger partial charge on any atom is 0.0660 e. The van der Waals surface area contributed by atoms with Gasteiger partial charge in [-0.25, -0.2) is 0 Å². The molecule has 0 radical (unpaired) electrons. The standard InChI is InChI=1S/C18H25N3/c1-14-9-15(2)11-18(10-14)20-17-6-3-5-16(12-17)13-21-8-4-7-19-21/h3-8,12,14-15,18,20H,9-11,13H2,1-2H3. The van der Waals surface area contributed by atoms with Gasteiger partial charge in [0.05, 0.1) is 6.54 Å². The van der Waals surface area contributed by atoms with Crippen LogP contribution in [-0.4, -0.2) is 15.8 Å². The monoisotopic (exact) mass is 283 g/mol. The third-order valence-corrected chi connectivity index (χ3v) is 4.38. The van der Waals surface area contributed by atoms with Gasteiger partial charge in [-0.15, -0.1) is 0 Å². The molecule has 1 aromatic carbocycles. The summed E-state index contributed by atoms with van der Waals surface area (Å²) in [6, 6.07) is 11.3. The lowest BCUT2D eigenvalue weighted by atomic mass is 9.80. The van der Waals surface area contributed by atoms with Crippen LogP contribution in [0.4, 0.5) is 5.69 Å². The SMILES string of the molecule is CC1CC(C)CC(Nc2cccc(Cn3cccn3)c2)C1. The fourth-order valence-electron chi connectivity index (χ4n) is 3.64. The summed E-state index contributed by atoms with van der Waals surface area (Å²) < 4.78 is 1.96. The van der Waals surface area contributed by atoms with Gasteiger partial charge in [-0.2, -0.15) is 5.10 Å². The first-order valence-corrected chi connectivity index (χ1v) is 8.02. The Kier molecular flexibility index (Phi) is 4.28. The first-order chi connectivity index (χ1) is 10.2. The molecule has 1 fully saturated rings. The predicted octanol–water partition coefficient (Wildman–Crippen LogP) is 4.17. The molecular formula is C18H25N3. The Hall–Kier alpha value is -1.77. The molecule has 0 aliphatic heterocycles. The number of anilines is 1. The lowest BCUT2D eigenvalue weighted by Gasteiger charge is -2.32. The van der Waals surface area contributed by atoms with Crippen LogP contribution in [0.2, 0.25) is 0 Å². The van der Waals surface area contributed by atoms with Crippen LogP contribution in [0.1, 0.15) is 38.7 Å². The van der Waals surface area contributed by atoms with Crippen molar-refractivity contribution in [3.05, 3.63) is 48.3 Å². The molecule has 2 aromatic rings. The number of rotatable bonds is 4. The van der Waals surface area contributed by atoms with E-state index in [1.807, 2.05) is 23.1 Å². The van der Waals surface area contributed by atoms with Crippen LogP contribution in [0.3, 0.4) is 0 Å². The van der Waals surface area contributed by atoms with E-state index in [2.05, 4.69) is 48.5 Å². The van der Waals surface area contributed by atoms with Gasteiger partial charge >= 0.3 is 0 Å². The van der Waals surface area contributed by atoms with Gasteiger partial charge in [-0.3, -0.25) is 4.68 Å². The zero-order valence-corrected chi connectivity index (χ0v) is 13.0. The molecule has 1 aliphatic carbocycles. The van der Waals surface area contributed by atoms with Gasteiger partial charge in [-0.05, 0) is 54.9 Å². The van der Waals surface area contributed by atoms with Gasteiger partial charge < -0.3 is 5.32 Å². The Balaban J connectivity index is 1.65. The number of hydrogen-bond donors (Lipinski definition) is 1. The number of nitrogens with zero attached hydrogens (tertiary/aromatic N) is 2. The molecule has 1 aliphatic rings. The average molecular weight is 283 g/mol. The largest absolute Gasteiger partial charge is 0.382 e. The summed E-state index contributed by atoms with van der Waals surface area (Å²) >= 11 is 0. The molecular weight excluding hydrogens is 258 g/mol. The van der Waals surface area contributed by atoms with Crippen molar-refractivity contribution in [1.82, 2.24) is 9.78 Å². The second kappa shape index (κ2) is 6.33. The van der Waals surface area contributed by atoms with Crippen LogP contribution in [0.25, 0.3) is 0 Å². The van der Waals surface area contributed by atoms with E-state index >= 15 is 0 Å². The second-order valence-electron chi connectivity index (χ2n) is 6.66. The van der Waals surface area contributed by atoms with Gasteiger partial charge in [0.15, 0.2) is 0 Å². The Morgan fingerprint density at radius 2 is 1.95 bits per heavy atom. The predicted molar refractivity (Wildman–Crippen MR) is 87.4 cm³/mol. The van der Waals surface area contributed by atoms with Gasteiger partial charge in [-0.1, -0.05) is 26.0 Å². The zero-order chi connectivity index (χ0) is 14.7. The molecule has 1 aromatic heterocycles. The number of benzene rings is 1. The molecule has 3 rings (SSSR count). The normalized spacial score (nSPS) is 25.7. The van der Waals surface area contributed by atoms with Crippen LogP contribution in [0.5, 0.6) is 0 Å². The summed E-state index contributed by atoms with van der Waals surface area (Å²) in [5.74, 6) is 1.66. The van der Waals surface area contributed by atoms with E-state index in [0.29, 0.717) is 6.04 Å². The fourth-order valence-corrected chi connectivity index (χ4v) is 3.64. The fraction of sp³-hybridized carbons (Fsp3) is 0.500. The van der Waals surface area contributed by atoms with Crippen molar-refractivity contribution in [2.24, 2.45) is 11.8 Å². The summed E-state index contributed by atoms with van der Waals surface area (Å²) in [6.07, 6.45) is 7.77. The minimum atomic E-state index is 0.615. The zero-order valence-electron chi connectivity index (χ0n) is 13.0. The lowest BCUT2D eigenvalue weighted by molar-refractivity contribution is 0.281. The smallest absolute Gasteiger partial charge is 0.0660 e. The molecule has 1 heterocycles. The van der Waals surface area contributed by atoms with Crippen molar-refractivity contribution in [3.8, 4) is 0 Å². The van der Waals surface area contributed by atoms with E-state index in [1.54, 1.807) is 0 Å². The third kappa shape index (κ3) is 3.87. The highest BCUT2D eigenvalue weighted by Crippen LogP contribution is 2.30. The molecule has 0 amide bonds. The van der Waals surface area contributed by atoms with Gasteiger partial charge in [0.2, 0.25) is 0 Å². The topological polar surface area (TPSA) is 29.9 Å².